The molecule has 0 saturated carbocycles. The van der Waals surface area contributed by atoms with E-state index in [-0.39, 0.29) is 18.0 Å². The molecule has 1 aliphatic heterocycles. The Morgan fingerprint density at radius 3 is 2.52 bits per heavy atom. The maximum absolute atomic E-state index is 13.2. The molecule has 0 radical (unpaired) electrons. The van der Waals surface area contributed by atoms with Crippen molar-refractivity contribution in [2.24, 2.45) is 0 Å². The average Bonchev–Trinajstić information content (AvgIpc) is 2.85. The average molecular weight is 467 g/mol. The summed E-state index contributed by atoms with van der Waals surface area (Å²) in [5.74, 6) is 1.17. The second-order valence-corrected chi connectivity index (χ2v) is 8.34. The van der Waals surface area contributed by atoms with Crippen LogP contribution in [0.5, 0.6) is 5.75 Å². The van der Waals surface area contributed by atoms with Gasteiger partial charge in [0.2, 0.25) is 5.91 Å². The molecule has 2 heterocycles. The van der Waals surface area contributed by atoms with Crippen LogP contribution in [-0.4, -0.2) is 53.6 Å². The molecular formula is C25H27ClN4O3. The molecule has 1 aliphatic rings. The summed E-state index contributed by atoms with van der Waals surface area (Å²) in [6.45, 7) is 4.40. The molecule has 1 saturated heterocycles. The standard InChI is InChI=1S/C25H27ClN4O3/c1-3-20-16-23(31)30(25(27-20)18-7-6-8-19(26)15-18)17-24(32)29-13-11-28(12-14-29)21-9-4-5-10-22(21)33-2/h4-10,15-16H,3,11-14,17H2,1-2H3. The molecule has 1 fully saturated rings. The van der Waals surface area contributed by atoms with E-state index in [1.54, 1.807) is 24.1 Å². The molecule has 33 heavy (non-hydrogen) atoms. The van der Waals surface area contributed by atoms with Gasteiger partial charge in [-0.25, -0.2) is 4.98 Å². The highest BCUT2D eigenvalue weighted by molar-refractivity contribution is 6.30. The first kappa shape index (κ1) is 22.9. The molecule has 1 amide bonds. The summed E-state index contributed by atoms with van der Waals surface area (Å²) in [6.07, 6.45) is 0.627. The lowest BCUT2D eigenvalue weighted by Gasteiger charge is -2.36. The van der Waals surface area contributed by atoms with Crippen LogP contribution in [0.2, 0.25) is 5.02 Å². The molecule has 0 bridgehead atoms. The fourth-order valence-corrected chi connectivity index (χ4v) is 4.25. The van der Waals surface area contributed by atoms with Crippen LogP contribution in [-0.2, 0) is 17.8 Å². The predicted octanol–water partition coefficient (Wildman–Crippen LogP) is 3.48. The fourth-order valence-electron chi connectivity index (χ4n) is 4.06. The van der Waals surface area contributed by atoms with Crippen LogP contribution in [0.4, 0.5) is 5.69 Å². The Hall–Kier alpha value is -3.32. The molecule has 0 N–H and O–H groups in total. The number of amides is 1. The van der Waals surface area contributed by atoms with Crippen molar-refractivity contribution in [1.82, 2.24) is 14.5 Å². The lowest BCUT2D eigenvalue weighted by Crippen LogP contribution is -2.50. The van der Waals surface area contributed by atoms with Crippen LogP contribution in [0.15, 0.2) is 59.4 Å². The van der Waals surface area contributed by atoms with Crippen molar-refractivity contribution in [3.8, 4) is 17.1 Å². The molecule has 1 aromatic heterocycles. The zero-order valence-corrected chi connectivity index (χ0v) is 19.6. The normalized spacial score (nSPS) is 13.8. The molecule has 3 aromatic rings. The van der Waals surface area contributed by atoms with Gasteiger partial charge in [-0.15, -0.1) is 0 Å². The van der Waals surface area contributed by atoms with E-state index in [1.165, 1.54) is 10.6 Å². The van der Waals surface area contributed by atoms with Crippen LogP contribution in [0.1, 0.15) is 12.6 Å². The Morgan fingerprint density at radius 1 is 1.06 bits per heavy atom. The third-order valence-electron chi connectivity index (χ3n) is 5.86. The molecule has 7 nitrogen and oxygen atoms in total. The summed E-state index contributed by atoms with van der Waals surface area (Å²) in [6, 6.07) is 16.6. The molecule has 0 unspecified atom stereocenters. The number of methoxy groups -OCH3 is 1. The number of rotatable bonds is 6. The predicted molar refractivity (Wildman–Crippen MR) is 130 cm³/mol. The van der Waals surface area contributed by atoms with Crippen molar-refractivity contribution in [2.75, 3.05) is 38.2 Å². The van der Waals surface area contributed by atoms with Crippen molar-refractivity contribution >= 4 is 23.2 Å². The third-order valence-corrected chi connectivity index (χ3v) is 6.09. The number of benzene rings is 2. The van der Waals surface area contributed by atoms with E-state index >= 15 is 0 Å². The highest BCUT2D eigenvalue weighted by atomic mass is 35.5. The summed E-state index contributed by atoms with van der Waals surface area (Å²) in [7, 11) is 1.66. The summed E-state index contributed by atoms with van der Waals surface area (Å²) >= 11 is 6.17. The van der Waals surface area contributed by atoms with Gasteiger partial charge < -0.3 is 14.5 Å². The van der Waals surface area contributed by atoms with Gasteiger partial charge in [0.05, 0.1) is 12.8 Å². The SMILES string of the molecule is CCc1cc(=O)n(CC(=O)N2CCN(c3ccccc3OC)CC2)c(-c2cccc(Cl)c2)n1. The Labute approximate surface area is 198 Å². The minimum atomic E-state index is -0.238. The number of nitrogens with zero attached hydrogens (tertiary/aromatic N) is 4. The maximum atomic E-state index is 13.2. The molecule has 4 rings (SSSR count). The van der Waals surface area contributed by atoms with Crippen LogP contribution in [0, 0.1) is 0 Å². The second kappa shape index (κ2) is 10.1. The van der Waals surface area contributed by atoms with Gasteiger partial charge in [0.25, 0.3) is 5.56 Å². The summed E-state index contributed by atoms with van der Waals surface area (Å²) in [5.41, 5.74) is 2.18. The fraction of sp³-hybridized carbons (Fsp3) is 0.320. The Bertz CT molecular complexity index is 1200. The van der Waals surface area contributed by atoms with Gasteiger partial charge in [0.1, 0.15) is 18.1 Å². The van der Waals surface area contributed by atoms with E-state index in [2.05, 4.69) is 9.88 Å². The van der Waals surface area contributed by atoms with Crippen LogP contribution in [0.3, 0.4) is 0 Å². The number of hydrogen-bond donors (Lipinski definition) is 0. The quantitative estimate of drug-likeness (QED) is 0.556. The zero-order chi connectivity index (χ0) is 23.4. The van der Waals surface area contributed by atoms with Gasteiger partial charge in [0, 0.05) is 48.5 Å². The smallest absolute Gasteiger partial charge is 0.254 e. The number of anilines is 1. The minimum absolute atomic E-state index is 0.0632. The van der Waals surface area contributed by atoms with Crippen LogP contribution >= 0.6 is 11.6 Å². The molecule has 0 aliphatic carbocycles. The molecule has 2 aromatic carbocycles. The van der Waals surface area contributed by atoms with E-state index in [0.29, 0.717) is 54.7 Å². The van der Waals surface area contributed by atoms with Crippen molar-refractivity contribution in [1.29, 1.82) is 0 Å². The number of halogens is 1. The van der Waals surface area contributed by atoms with Crippen molar-refractivity contribution in [3.63, 3.8) is 0 Å². The Balaban J connectivity index is 1.53. The number of carbonyl (C=O) groups excluding carboxylic acids is 1. The highest BCUT2D eigenvalue weighted by Gasteiger charge is 2.24. The number of hydrogen-bond acceptors (Lipinski definition) is 5. The van der Waals surface area contributed by atoms with E-state index in [1.807, 2.05) is 43.3 Å². The first-order valence-corrected chi connectivity index (χ1v) is 11.4. The Morgan fingerprint density at radius 2 is 1.82 bits per heavy atom. The van der Waals surface area contributed by atoms with Gasteiger partial charge in [-0.2, -0.15) is 0 Å². The lowest BCUT2D eigenvalue weighted by atomic mass is 10.2. The highest BCUT2D eigenvalue weighted by Crippen LogP contribution is 2.28. The number of aromatic nitrogens is 2. The molecule has 8 heteroatoms. The number of ether oxygens (including phenoxy) is 1. The van der Waals surface area contributed by atoms with E-state index in [4.69, 9.17) is 16.3 Å². The second-order valence-electron chi connectivity index (χ2n) is 7.90. The van der Waals surface area contributed by atoms with E-state index in [9.17, 15) is 9.59 Å². The van der Waals surface area contributed by atoms with Crippen molar-refractivity contribution in [3.05, 3.63) is 75.7 Å². The molecule has 172 valence electrons. The number of aryl methyl sites for hydroxylation is 1. The molecular weight excluding hydrogens is 440 g/mol. The third kappa shape index (κ3) is 5.03. The monoisotopic (exact) mass is 466 g/mol. The minimum Gasteiger partial charge on any atom is -0.495 e. The number of para-hydroxylation sites is 2. The largest absolute Gasteiger partial charge is 0.495 e. The first-order chi connectivity index (χ1) is 16.0. The zero-order valence-electron chi connectivity index (χ0n) is 18.8. The van der Waals surface area contributed by atoms with E-state index in [0.717, 1.165) is 11.4 Å². The summed E-state index contributed by atoms with van der Waals surface area (Å²) in [4.78, 5) is 34.7. The van der Waals surface area contributed by atoms with Crippen molar-refractivity contribution in [2.45, 2.75) is 19.9 Å². The number of carbonyl (C=O) groups is 1. The maximum Gasteiger partial charge on any atom is 0.254 e. The first-order valence-electron chi connectivity index (χ1n) is 11.0. The molecule has 0 spiro atoms. The van der Waals surface area contributed by atoms with Gasteiger partial charge in [-0.05, 0) is 30.7 Å². The topological polar surface area (TPSA) is 67.7 Å². The summed E-state index contributed by atoms with van der Waals surface area (Å²) in [5, 5.41) is 0.550. The van der Waals surface area contributed by atoms with Gasteiger partial charge in [0.15, 0.2) is 0 Å². The lowest BCUT2D eigenvalue weighted by molar-refractivity contribution is -0.132. The summed E-state index contributed by atoms with van der Waals surface area (Å²) < 4.78 is 6.92. The van der Waals surface area contributed by atoms with Crippen molar-refractivity contribution < 1.29 is 9.53 Å². The molecule has 0 atom stereocenters. The van der Waals surface area contributed by atoms with Crippen LogP contribution < -0.4 is 15.2 Å². The van der Waals surface area contributed by atoms with Gasteiger partial charge in [-0.1, -0.05) is 42.8 Å². The van der Waals surface area contributed by atoms with Crippen LogP contribution in [0.25, 0.3) is 11.4 Å². The van der Waals surface area contributed by atoms with Gasteiger partial charge in [-0.3, -0.25) is 14.2 Å². The Kier molecular flexibility index (Phi) is 6.99. The van der Waals surface area contributed by atoms with E-state index < -0.39 is 0 Å². The van der Waals surface area contributed by atoms with Gasteiger partial charge >= 0.3 is 0 Å². The number of piperazine rings is 1.